The molecule has 0 spiro atoms. The van der Waals surface area contributed by atoms with Gasteiger partial charge in [-0.05, 0) is 55.0 Å². The summed E-state index contributed by atoms with van der Waals surface area (Å²) < 4.78 is 3.37. The van der Waals surface area contributed by atoms with Crippen molar-refractivity contribution in [2.45, 2.75) is 33.7 Å². The van der Waals surface area contributed by atoms with E-state index in [4.69, 9.17) is 0 Å². The molecule has 0 aliphatic heterocycles. The fourth-order valence-corrected chi connectivity index (χ4v) is 4.44. The van der Waals surface area contributed by atoms with E-state index in [0.717, 1.165) is 22.6 Å². The summed E-state index contributed by atoms with van der Waals surface area (Å²) in [5.41, 5.74) is 3.65. The first-order chi connectivity index (χ1) is 11.6. The van der Waals surface area contributed by atoms with Crippen molar-refractivity contribution in [1.82, 2.24) is 4.57 Å². The highest BCUT2D eigenvalue weighted by atomic mass is 32.1. The molecule has 0 saturated carbocycles. The Morgan fingerprint density at radius 3 is 2.88 bits per heavy atom. The summed E-state index contributed by atoms with van der Waals surface area (Å²) in [6.07, 6.45) is 4.37. The van der Waals surface area contributed by atoms with Crippen molar-refractivity contribution in [2.24, 2.45) is 4.99 Å². The van der Waals surface area contributed by atoms with Crippen LogP contribution in [-0.2, 0) is 11.3 Å². The zero-order valence-electron chi connectivity index (χ0n) is 14.1. The lowest BCUT2D eigenvalue weighted by Gasteiger charge is -2.04. The number of thiazole rings is 1. The molecule has 24 heavy (non-hydrogen) atoms. The van der Waals surface area contributed by atoms with E-state index in [2.05, 4.69) is 42.5 Å². The Morgan fingerprint density at radius 1 is 1.33 bits per heavy atom. The Labute approximate surface area is 149 Å². The predicted molar refractivity (Wildman–Crippen MR) is 104 cm³/mol. The number of amides is 1. The first-order valence-corrected chi connectivity index (χ1v) is 9.69. The number of carbonyl (C=O) groups excluding carboxylic acids is 1. The summed E-state index contributed by atoms with van der Waals surface area (Å²) in [5.74, 6) is -0.214. The molecule has 5 heteroatoms. The Bertz CT molecular complexity index is 959. The van der Waals surface area contributed by atoms with Crippen molar-refractivity contribution in [3.8, 4) is 0 Å². The van der Waals surface area contributed by atoms with E-state index in [1.54, 1.807) is 28.7 Å². The number of nitrogens with zero attached hydrogens (tertiary/aromatic N) is 2. The van der Waals surface area contributed by atoms with Gasteiger partial charge >= 0.3 is 0 Å². The molecule has 1 amide bonds. The lowest BCUT2D eigenvalue weighted by atomic mass is 10.1. The van der Waals surface area contributed by atoms with Crippen molar-refractivity contribution in [1.29, 1.82) is 0 Å². The second-order valence-electron chi connectivity index (χ2n) is 5.77. The van der Waals surface area contributed by atoms with Gasteiger partial charge in [-0.3, -0.25) is 4.79 Å². The van der Waals surface area contributed by atoms with Crippen LogP contribution in [0.1, 0.15) is 29.3 Å². The van der Waals surface area contributed by atoms with E-state index in [1.165, 1.54) is 21.3 Å². The predicted octanol–water partition coefficient (Wildman–Crippen LogP) is 4.93. The van der Waals surface area contributed by atoms with Gasteiger partial charge in [0.05, 0.1) is 10.2 Å². The van der Waals surface area contributed by atoms with E-state index in [9.17, 15) is 4.79 Å². The van der Waals surface area contributed by atoms with Crippen LogP contribution in [0.2, 0.25) is 0 Å². The zero-order chi connectivity index (χ0) is 17.1. The van der Waals surface area contributed by atoms with Gasteiger partial charge in [-0.25, -0.2) is 0 Å². The number of aromatic nitrogens is 1. The smallest absolute Gasteiger partial charge is 0.272 e. The van der Waals surface area contributed by atoms with Gasteiger partial charge in [0.15, 0.2) is 4.80 Å². The molecule has 124 valence electrons. The maximum atomic E-state index is 12.2. The molecule has 3 nitrogen and oxygen atoms in total. The number of benzene rings is 1. The van der Waals surface area contributed by atoms with Crippen LogP contribution in [0.25, 0.3) is 16.3 Å². The van der Waals surface area contributed by atoms with Gasteiger partial charge in [0.25, 0.3) is 5.91 Å². The highest BCUT2D eigenvalue weighted by Crippen LogP contribution is 2.23. The van der Waals surface area contributed by atoms with Gasteiger partial charge in [-0.15, -0.1) is 11.3 Å². The van der Waals surface area contributed by atoms with Gasteiger partial charge < -0.3 is 4.57 Å². The average molecular weight is 357 g/mol. The van der Waals surface area contributed by atoms with Crippen molar-refractivity contribution < 1.29 is 4.79 Å². The third-order valence-electron chi connectivity index (χ3n) is 3.70. The number of hydrogen-bond donors (Lipinski definition) is 0. The van der Waals surface area contributed by atoms with Crippen LogP contribution in [0.3, 0.4) is 0 Å². The van der Waals surface area contributed by atoms with Crippen molar-refractivity contribution in [3.05, 3.63) is 56.5 Å². The van der Waals surface area contributed by atoms with Crippen LogP contribution in [0.5, 0.6) is 0 Å². The summed E-state index contributed by atoms with van der Waals surface area (Å²) in [6, 6.07) is 8.31. The number of thiophene rings is 1. The quantitative estimate of drug-likeness (QED) is 0.610. The molecular weight excluding hydrogens is 336 g/mol. The zero-order valence-corrected chi connectivity index (χ0v) is 15.7. The van der Waals surface area contributed by atoms with Crippen LogP contribution < -0.4 is 4.80 Å². The standard InChI is InChI=1S/C19H20N2OS2/c1-4-9-21-16-12-13(2)11-14(3)18(16)24-19(21)20-17(22)8-7-15-6-5-10-23-15/h5-8,10-12H,4,9H2,1-3H3/b8-7+,20-19?. The molecule has 0 fully saturated rings. The normalized spacial score (nSPS) is 12.5. The van der Waals surface area contributed by atoms with Crippen LogP contribution in [0.15, 0.2) is 40.7 Å². The first-order valence-electron chi connectivity index (χ1n) is 7.99. The lowest BCUT2D eigenvalue weighted by Crippen LogP contribution is -2.16. The Balaban J connectivity index is 2.05. The minimum Gasteiger partial charge on any atom is -0.316 e. The molecule has 0 saturated heterocycles. The Kier molecular flexibility index (Phi) is 5.11. The van der Waals surface area contributed by atoms with Crippen LogP contribution in [0, 0.1) is 13.8 Å². The molecule has 0 aliphatic rings. The second-order valence-corrected chi connectivity index (χ2v) is 7.72. The third-order valence-corrected chi connectivity index (χ3v) is 5.77. The molecule has 0 bridgehead atoms. The molecule has 3 aromatic rings. The van der Waals surface area contributed by atoms with Crippen molar-refractivity contribution >= 4 is 44.9 Å². The number of aryl methyl sites for hydroxylation is 3. The summed E-state index contributed by atoms with van der Waals surface area (Å²) in [5, 5.41) is 1.99. The number of carbonyl (C=O) groups is 1. The van der Waals surface area contributed by atoms with Gasteiger partial charge in [0.2, 0.25) is 0 Å². The van der Waals surface area contributed by atoms with E-state index in [1.807, 2.05) is 23.6 Å². The van der Waals surface area contributed by atoms with Crippen molar-refractivity contribution in [2.75, 3.05) is 0 Å². The first kappa shape index (κ1) is 16.9. The fraction of sp³-hybridized carbons (Fsp3) is 0.263. The highest BCUT2D eigenvalue weighted by Gasteiger charge is 2.09. The molecular formula is C19H20N2OS2. The van der Waals surface area contributed by atoms with E-state index in [0.29, 0.717) is 0 Å². The van der Waals surface area contributed by atoms with E-state index >= 15 is 0 Å². The van der Waals surface area contributed by atoms with Gasteiger partial charge in [0, 0.05) is 17.5 Å². The molecule has 3 rings (SSSR count). The monoisotopic (exact) mass is 356 g/mol. The number of rotatable bonds is 4. The SMILES string of the molecule is CCCn1c(=NC(=O)/C=C/c2cccs2)sc2c(C)cc(C)cc21. The summed E-state index contributed by atoms with van der Waals surface area (Å²) in [4.78, 5) is 18.4. The fourth-order valence-electron chi connectivity index (χ4n) is 2.71. The molecule has 2 heterocycles. The number of hydrogen-bond acceptors (Lipinski definition) is 3. The van der Waals surface area contributed by atoms with E-state index < -0.39 is 0 Å². The Morgan fingerprint density at radius 2 is 2.17 bits per heavy atom. The van der Waals surface area contributed by atoms with Gasteiger partial charge in [-0.2, -0.15) is 4.99 Å². The van der Waals surface area contributed by atoms with Gasteiger partial charge in [-0.1, -0.05) is 30.4 Å². The Hall–Kier alpha value is -1.98. The topological polar surface area (TPSA) is 34.4 Å². The van der Waals surface area contributed by atoms with Crippen LogP contribution in [-0.4, -0.2) is 10.5 Å². The van der Waals surface area contributed by atoms with Crippen LogP contribution >= 0.6 is 22.7 Å². The second kappa shape index (κ2) is 7.28. The molecule has 0 aliphatic carbocycles. The maximum absolute atomic E-state index is 12.2. The summed E-state index contributed by atoms with van der Waals surface area (Å²) in [6.45, 7) is 7.22. The minimum atomic E-state index is -0.214. The largest absolute Gasteiger partial charge is 0.316 e. The van der Waals surface area contributed by atoms with E-state index in [-0.39, 0.29) is 5.91 Å². The van der Waals surface area contributed by atoms with Crippen LogP contribution in [0.4, 0.5) is 0 Å². The average Bonchev–Trinajstić information content (AvgIpc) is 3.15. The van der Waals surface area contributed by atoms with Gasteiger partial charge in [0.1, 0.15) is 0 Å². The summed E-state index contributed by atoms with van der Waals surface area (Å²) >= 11 is 3.20. The maximum Gasteiger partial charge on any atom is 0.272 e. The lowest BCUT2D eigenvalue weighted by molar-refractivity contribution is -0.113. The third kappa shape index (κ3) is 3.57. The molecule has 2 aromatic heterocycles. The van der Waals surface area contributed by atoms with Crippen molar-refractivity contribution in [3.63, 3.8) is 0 Å². The number of fused-ring (bicyclic) bond motifs is 1. The molecule has 0 unspecified atom stereocenters. The minimum absolute atomic E-state index is 0.214. The molecule has 1 aromatic carbocycles. The molecule has 0 atom stereocenters. The molecule has 0 radical (unpaired) electrons. The summed E-state index contributed by atoms with van der Waals surface area (Å²) in [7, 11) is 0. The highest BCUT2D eigenvalue weighted by molar-refractivity contribution is 7.16. The molecule has 0 N–H and O–H groups in total.